The van der Waals surface area contributed by atoms with Crippen LogP contribution in [0.5, 0.6) is 5.75 Å². The summed E-state index contributed by atoms with van der Waals surface area (Å²) in [5.41, 5.74) is 0.745. The average molecular weight is 232 g/mol. The molecule has 0 amide bonds. The molecule has 2 heteroatoms. The van der Waals surface area contributed by atoms with E-state index in [0.717, 1.165) is 24.5 Å². The fourth-order valence-electron chi connectivity index (χ4n) is 3.77. The van der Waals surface area contributed by atoms with Gasteiger partial charge in [-0.1, -0.05) is 12.1 Å². The number of hydrogen-bond acceptors (Lipinski definition) is 2. The van der Waals surface area contributed by atoms with Gasteiger partial charge in [-0.05, 0) is 55.2 Å². The largest absolute Gasteiger partial charge is 0.497 e. The number of hydrogen-bond donors (Lipinski definition) is 1. The van der Waals surface area contributed by atoms with Crippen LogP contribution in [0.4, 0.5) is 0 Å². The third kappa shape index (κ3) is 1.95. The summed E-state index contributed by atoms with van der Waals surface area (Å²) in [6.45, 7) is 0. The first-order valence-corrected chi connectivity index (χ1v) is 6.55. The molecule has 0 saturated heterocycles. The van der Waals surface area contributed by atoms with Crippen LogP contribution >= 0.6 is 0 Å². The SMILES string of the molecule is COc1cccc(CC2(O)CC3CCC2C3)c1. The molecule has 0 heterocycles. The lowest BCUT2D eigenvalue weighted by Gasteiger charge is -2.32. The van der Waals surface area contributed by atoms with Crippen LogP contribution in [-0.4, -0.2) is 17.8 Å². The Morgan fingerprint density at radius 1 is 1.41 bits per heavy atom. The van der Waals surface area contributed by atoms with Gasteiger partial charge in [-0.15, -0.1) is 0 Å². The third-order valence-corrected chi connectivity index (χ3v) is 4.59. The Labute approximate surface area is 103 Å². The molecule has 1 aromatic carbocycles. The third-order valence-electron chi connectivity index (χ3n) is 4.59. The molecule has 3 rings (SSSR count). The molecule has 2 aliphatic rings. The highest BCUT2D eigenvalue weighted by molar-refractivity contribution is 5.30. The second-order valence-corrected chi connectivity index (χ2v) is 5.71. The van der Waals surface area contributed by atoms with Crippen molar-refractivity contribution in [1.82, 2.24) is 0 Å². The monoisotopic (exact) mass is 232 g/mol. The minimum absolute atomic E-state index is 0.449. The van der Waals surface area contributed by atoms with Crippen LogP contribution in [-0.2, 0) is 6.42 Å². The minimum Gasteiger partial charge on any atom is -0.497 e. The van der Waals surface area contributed by atoms with Crippen LogP contribution in [0.15, 0.2) is 24.3 Å². The summed E-state index contributed by atoms with van der Waals surface area (Å²) in [7, 11) is 1.69. The summed E-state index contributed by atoms with van der Waals surface area (Å²) in [6.07, 6.45) is 5.55. The van der Waals surface area contributed by atoms with Crippen LogP contribution < -0.4 is 4.74 Å². The predicted molar refractivity (Wildman–Crippen MR) is 67.1 cm³/mol. The molecular weight excluding hydrogens is 212 g/mol. The van der Waals surface area contributed by atoms with Crippen molar-refractivity contribution in [3.63, 3.8) is 0 Å². The van der Waals surface area contributed by atoms with Gasteiger partial charge in [-0.2, -0.15) is 0 Å². The van der Waals surface area contributed by atoms with E-state index >= 15 is 0 Å². The second kappa shape index (κ2) is 4.02. The molecule has 2 saturated carbocycles. The van der Waals surface area contributed by atoms with Gasteiger partial charge in [0.15, 0.2) is 0 Å². The fourth-order valence-corrected chi connectivity index (χ4v) is 3.77. The molecular formula is C15H20O2. The van der Waals surface area contributed by atoms with Crippen molar-refractivity contribution in [2.45, 2.75) is 37.7 Å². The zero-order valence-corrected chi connectivity index (χ0v) is 10.4. The quantitative estimate of drug-likeness (QED) is 0.868. The zero-order chi connectivity index (χ0) is 11.9. The molecule has 0 aliphatic heterocycles. The van der Waals surface area contributed by atoms with Crippen LogP contribution in [0.3, 0.4) is 0 Å². The number of aliphatic hydroxyl groups is 1. The van der Waals surface area contributed by atoms with Crippen molar-refractivity contribution in [1.29, 1.82) is 0 Å². The summed E-state index contributed by atoms with van der Waals surface area (Å²) >= 11 is 0. The fraction of sp³-hybridized carbons (Fsp3) is 0.600. The molecule has 92 valence electrons. The van der Waals surface area contributed by atoms with Crippen molar-refractivity contribution < 1.29 is 9.84 Å². The van der Waals surface area contributed by atoms with Crippen LogP contribution in [0.1, 0.15) is 31.2 Å². The lowest BCUT2D eigenvalue weighted by Crippen LogP contribution is -2.37. The molecule has 1 aromatic rings. The highest BCUT2D eigenvalue weighted by Crippen LogP contribution is 2.51. The molecule has 2 nitrogen and oxygen atoms in total. The van der Waals surface area contributed by atoms with E-state index in [1.54, 1.807) is 7.11 Å². The Kier molecular flexibility index (Phi) is 2.62. The van der Waals surface area contributed by atoms with Crippen LogP contribution in [0.2, 0.25) is 0 Å². The van der Waals surface area contributed by atoms with Gasteiger partial charge in [0.25, 0.3) is 0 Å². The molecule has 2 bridgehead atoms. The Balaban J connectivity index is 1.78. The summed E-state index contributed by atoms with van der Waals surface area (Å²) < 4.78 is 5.23. The van der Waals surface area contributed by atoms with Gasteiger partial charge in [0, 0.05) is 6.42 Å². The molecule has 0 spiro atoms. The number of fused-ring (bicyclic) bond motifs is 2. The average Bonchev–Trinajstić information content (AvgIpc) is 2.88. The summed E-state index contributed by atoms with van der Waals surface area (Å²) in [6, 6.07) is 8.09. The Hall–Kier alpha value is -1.02. The molecule has 1 N–H and O–H groups in total. The van der Waals surface area contributed by atoms with Crippen LogP contribution in [0, 0.1) is 11.8 Å². The summed E-state index contributed by atoms with van der Waals surface area (Å²) in [4.78, 5) is 0. The smallest absolute Gasteiger partial charge is 0.119 e. The van der Waals surface area contributed by atoms with Crippen molar-refractivity contribution in [2.24, 2.45) is 11.8 Å². The molecule has 0 radical (unpaired) electrons. The van der Waals surface area contributed by atoms with Gasteiger partial charge in [0.2, 0.25) is 0 Å². The van der Waals surface area contributed by atoms with Crippen molar-refractivity contribution in [3.8, 4) is 5.75 Å². The van der Waals surface area contributed by atoms with E-state index in [2.05, 4.69) is 6.07 Å². The van der Waals surface area contributed by atoms with E-state index in [1.165, 1.54) is 24.8 Å². The molecule has 3 unspecified atom stereocenters. The topological polar surface area (TPSA) is 29.5 Å². The van der Waals surface area contributed by atoms with Gasteiger partial charge in [0.1, 0.15) is 5.75 Å². The summed E-state index contributed by atoms with van der Waals surface area (Å²) in [5.74, 6) is 2.18. The van der Waals surface area contributed by atoms with Gasteiger partial charge < -0.3 is 9.84 Å². The normalized spacial score (nSPS) is 35.2. The first-order valence-electron chi connectivity index (χ1n) is 6.55. The number of benzene rings is 1. The second-order valence-electron chi connectivity index (χ2n) is 5.71. The van der Waals surface area contributed by atoms with Crippen LogP contribution in [0.25, 0.3) is 0 Å². The molecule has 17 heavy (non-hydrogen) atoms. The maximum atomic E-state index is 10.8. The zero-order valence-electron chi connectivity index (χ0n) is 10.4. The predicted octanol–water partition coefficient (Wildman–Crippen LogP) is 2.79. The van der Waals surface area contributed by atoms with Gasteiger partial charge in [-0.25, -0.2) is 0 Å². The molecule has 2 fully saturated rings. The highest BCUT2D eigenvalue weighted by Gasteiger charge is 2.49. The van der Waals surface area contributed by atoms with Crippen molar-refractivity contribution in [2.75, 3.05) is 7.11 Å². The molecule has 0 aromatic heterocycles. The van der Waals surface area contributed by atoms with Gasteiger partial charge in [0.05, 0.1) is 12.7 Å². The summed E-state index contributed by atoms with van der Waals surface area (Å²) in [5, 5.41) is 10.8. The Bertz CT molecular complexity index is 415. The maximum absolute atomic E-state index is 10.8. The van der Waals surface area contributed by atoms with E-state index < -0.39 is 5.60 Å². The first kappa shape index (κ1) is 11.1. The van der Waals surface area contributed by atoms with Gasteiger partial charge >= 0.3 is 0 Å². The number of ether oxygens (including phenoxy) is 1. The Morgan fingerprint density at radius 2 is 2.29 bits per heavy atom. The van der Waals surface area contributed by atoms with E-state index in [0.29, 0.717) is 5.92 Å². The van der Waals surface area contributed by atoms with E-state index in [4.69, 9.17) is 4.74 Å². The van der Waals surface area contributed by atoms with Crippen molar-refractivity contribution >= 4 is 0 Å². The van der Waals surface area contributed by atoms with E-state index in [-0.39, 0.29) is 0 Å². The van der Waals surface area contributed by atoms with Crippen molar-refractivity contribution in [3.05, 3.63) is 29.8 Å². The molecule has 2 aliphatic carbocycles. The first-order chi connectivity index (χ1) is 8.19. The molecule has 3 atom stereocenters. The lowest BCUT2D eigenvalue weighted by molar-refractivity contribution is -0.0125. The lowest BCUT2D eigenvalue weighted by atomic mass is 9.80. The highest BCUT2D eigenvalue weighted by atomic mass is 16.5. The minimum atomic E-state index is -0.449. The maximum Gasteiger partial charge on any atom is 0.119 e. The number of rotatable bonds is 3. The van der Waals surface area contributed by atoms with Gasteiger partial charge in [-0.3, -0.25) is 0 Å². The Morgan fingerprint density at radius 3 is 2.94 bits per heavy atom. The number of methoxy groups -OCH3 is 1. The van der Waals surface area contributed by atoms with E-state index in [9.17, 15) is 5.11 Å². The van der Waals surface area contributed by atoms with E-state index in [1.807, 2.05) is 18.2 Å². The standard InChI is InChI=1S/C15H20O2/c1-17-14-4-2-3-11(8-14)9-15(16)10-12-5-6-13(15)7-12/h2-4,8,12-13,16H,5-7,9-10H2,1H3.